The van der Waals surface area contributed by atoms with E-state index in [0.717, 1.165) is 39.4 Å². The van der Waals surface area contributed by atoms with Gasteiger partial charge >= 0.3 is 35.7 Å². The van der Waals surface area contributed by atoms with Crippen molar-refractivity contribution in [1.29, 1.82) is 0 Å². The van der Waals surface area contributed by atoms with Gasteiger partial charge in [0.25, 0.3) is 12.5 Å². The number of rotatable bonds is 28. The maximum absolute atomic E-state index is 12.6. The van der Waals surface area contributed by atoms with Crippen LogP contribution in [0.15, 0.2) is 160 Å². The van der Waals surface area contributed by atoms with E-state index in [-0.39, 0.29) is 74.3 Å². The second-order valence-corrected chi connectivity index (χ2v) is 22.0. The lowest BCUT2D eigenvalue weighted by Gasteiger charge is -2.24. The molecule has 25 nitrogen and oxygen atoms in total. The number of carbonyl (C=O) groups is 7. The van der Waals surface area contributed by atoms with Gasteiger partial charge < -0.3 is 54.1 Å². The van der Waals surface area contributed by atoms with E-state index in [1.807, 2.05) is 118 Å². The fourth-order valence-electron chi connectivity index (χ4n) is 7.97. The Bertz CT molecular complexity index is 3490. The number of halogens is 3. The minimum atomic E-state index is -1.70. The quantitative estimate of drug-likeness (QED) is 0.00446. The number of carboxylic acid groups (broad SMARTS) is 1. The van der Waals surface area contributed by atoms with Crippen LogP contribution in [0.4, 0.5) is 0 Å². The molecular formula is C63H73BCl3N7O18. The minimum Gasteiger partial charge on any atom is -0.479 e. The zero-order valence-corrected chi connectivity index (χ0v) is 53.4. The zero-order valence-electron chi connectivity index (χ0n) is 51.1. The first-order chi connectivity index (χ1) is 43.8. The van der Waals surface area contributed by atoms with Crippen molar-refractivity contribution in [2.75, 3.05) is 39.7 Å². The van der Waals surface area contributed by atoms with Gasteiger partial charge in [-0.25, -0.2) is 19.6 Å². The molecule has 29 heteroatoms. The smallest absolute Gasteiger partial charge is 0.336 e. The fourth-order valence-corrected chi connectivity index (χ4v) is 8.46. The van der Waals surface area contributed by atoms with Crippen molar-refractivity contribution in [2.45, 2.75) is 72.2 Å². The Morgan fingerprint density at radius 1 is 0.663 bits per heavy atom. The zero-order chi connectivity index (χ0) is 67.9. The molecule has 0 saturated carbocycles. The second kappa shape index (κ2) is 39.7. The molecule has 7 aromatic rings. The Kier molecular flexibility index (Phi) is 32.7. The van der Waals surface area contributed by atoms with Gasteiger partial charge in [0.05, 0.1) is 31.3 Å². The largest absolute Gasteiger partial charge is 0.479 e. The number of nitrogens with one attached hydrogen (secondary N) is 3. The van der Waals surface area contributed by atoms with Crippen LogP contribution in [0.5, 0.6) is 0 Å². The van der Waals surface area contributed by atoms with Gasteiger partial charge in [-0.3, -0.25) is 39.6 Å². The van der Waals surface area contributed by atoms with Crippen LogP contribution in [0.1, 0.15) is 70.3 Å². The van der Waals surface area contributed by atoms with Crippen molar-refractivity contribution in [2.24, 2.45) is 23.5 Å². The second-order valence-electron chi connectivity index (χ2n) is 20.9. The number of H-pyrrole nitrogens is 1. The van der Waals surface area contributed by atoms with E-state index in [0.29, 0.717) is 21.9 Å². The van der Waals surface area contributed by atoms with Gasteiger partial charge in [-0.05, 0) is 75.8 Å². The summed E-state index contributed by atoms with van der Waals surface area (Å²) in [6.07, 6.45) is -1.62. The number of carbonyl (C=O) groups excluding carboxylic acids is 6. The standard InChI is InChI=1S/C28H24ClN3O7.C20H18ClN3O5.C8H16BClO3.C7H15NO3/c29-22-8-4-7-21(13-22)19-11-9-18(10-12-19)15-32(30-27(36)25-14-26(35)31-39-25)16-23(33)28(37)38-17-24(34)20-5-2-1-3-6-20;21-16-3-1-2-15(10-16)14-6-4-13(5-7-14)11-24(12-17(25)20(27)28)23-19(26)18-8-9-22-29-18;1-6(2)7(4-9(3)12)8(11)13-5-10;1-5(2)6(8)7(9)11-4-10-3/h1-14,23,33H,15-17H2,(H,30,36)(H,31,35);1-10,17,25H,11-12H2,(H,23,26)(H,27,28);6-7,12H,4-5H2,1-3H3;5-6H,4,8H2,1-3H3/t23-;17-;7-;6-/m1100/s1. The highest BCUT2D eigenvalue weighted by molar-refractivity contribution is 6.49. The molecule has 7 rings (SSSR count). The summed E-state index contributed by atoms with van der Waals surface area (Å²) >= 11 is 17.4. The lowest BCUT2D eigenvalue weighted by molar-refractivity contribution is -0.157. The van der Waals surface area contributed by atoms with E-state index in [1.54, 1.807) is 49.3 Å². The number of aromatic nitrogens is 2. The number of amides is 2. The number of hydrogen-bond acceptors (Lipinski definition) is 21. The average Bonchev–Trinajstić information content (AvgIpc) is 2.52. The minimum absolute atomic E-state index is 0.0285. The third-order valence-corrected chi connectivity index (χ3v) is 13.5. The molecule has 0 aliphatic carbocycles. The van der Waals surface area contributed by atoms with Crippen molar-refractivity contribution in [3.8, 4) is 22.3 Å². The summed E-state index contributed by atoms with van der Waals surface area (Å²) in [6, 6.07) is 39.6. The van der Waals surface area contributed by atoms with Crippen LogP contribution in [0.3, 0.4) is 0 Å². The number of ketones is 1. The molecule has 0 bridgehead atoms. The molecule has 0 aliphatic rings. The van der Waals surface area contributed by atoms with Crippen LogP contribution in [0.2, 0.25) is 23.2 Å². The Morgan fingerprint density at radius 3 is 1.63 bits per heavy atom. The number of Topliss-reactive ketones (excluding diaryl/α,β-unsaturated/α-hetero) is 1. The normalized spacial score (nSPS) is 12.1. The van der Waals surface area contributed by atoms with Gasteiger partial charge in [0.2, 0.25) is 11.5 Å². The molecule has 2 amide bonds. The Morgan fingerprint density at radius 2 is 1.20 bits per heavy atom. The molecule has 0 fully saturated rings. The van der Waals surface area contributed by atoms with E-state index in [9.17, 15) is 48.6 Å². The number of alkyl halides is 1. The molecule has 492 valence electrons. The molecule has 9 N–H and O–H groups in total. The predicted molar refractivity (Wildman–Crippen MR) is 341 cm³/mol. The van der Waals surface area contributed by atoms with Gasteiger partial charge in [-0.1, -0.05) is 178 Å². The molecule has 2 aromatic heterocycles. The molecule has 92 heavy (non-hydrogen) atoms. The van der Waals surface area contributed by atoms with E-state index >= 15 is 0 Å². The van der Waals surface area contributed by atoms with Crippen molar-refractivity contribution in [1.82, 2.24) is 31.2 Å². The summed E-state index contributed by atoms with van der Waals surface area (Å²) in [6.45, 7) is 7.69. The van der Waals surface area contributed by atoms with Gasteiger partial charge in [0, 0.05) is 41.9 Å². The summed E-state index contributed by atoms with van der Waals surface area (Å²) in [5.74, 6) is -5.30. The lowest BCUT2D eigenvalue weighted by Crippen LogP contribution is -2.47. The number of benzene rings is 5. The molecule has 0 spiro atoms. The van der Waals surface area contributed by atoms with Gasteiger partial charge in [-0.2, -0.15) is 5.16 Å². The van der Waals surface area contributed by atoms with Crippen LogP contribution in [0.25, 0.3) is 22.3 Å². The van der Waals surface area contributed by atoms with Crippen LogP contribution < -0.4 is 22.1 Å². The highest BCUT2D eigenvalue weighted by Crippen LogP contribution is 2.25. The van der Waals surface area contributed by atoms with E-state index in [4.69, 9.17) is 64.5 Å². The van der Waals surface area contributed by atoms with Gasteiger partial charge in [-0.15, -0.1) is 0 Å². The number of nitrogens with zero attached hydrogens (tertiary/aromatic N) is 3. The number of aliphatic carboxylic acids is 1. The van der Waals surface area contributed by atoms with Crippen molar-refractivity contribution < 1.29 is 81.9 Å². The Labute approximate surface area is 545 Å². The number of hydrogen-bond donors (Lipinski definition) is 8. The molecule has 5 aromatic carbocycles. The summed E-state index contributed by atoms with van der Waals surface area (Å²) in [4.78, 5) is 94.0. The van der Waals surface area contributed by atoms with Gasteiger partial charge in [0.1, 0.15) is 6.04 Å². The molecule has 0 radical (unpaired) electrons. The maximum atomic E-state index is 12.6. The van der Waals surface area contributed by atoms with Crippen LogP contribution in [-0.2, 0) is 51.2 Å². The molecule has 0 unspecified atom stereocenters. The third-order valence-electron chi connectivity index (χ3n) is 12.9. The first-order valence-electron chi connectivity index (χ1n) is 28.3. The van der Waals surface area contributed by atoms with E-state index < -0.39 is 72.8 Å². The molecule has 0 aliphatic heterocycles. The number of aliphatic hydroxyl groups excluding tert-OH is 2. The predicted octanol–water partition coefficient (Wildman–Crippen LogP) is 7.54. The SMILES string of the molecule is CB(O)C[C@H](C(=O)OCCl)C(C)C.COCOC(=O)[C@@H](N)C(C)C.O=C(COC(=O)[C@H](O)CN(Cc1ccc(-c2cccc(Cl)c2)cc1)NC(=O)c1cc(=O)[nH]o1)c1ccccc1.O=C(NN(Cc1ccc(-c2cccc(Cl)c2)cc1)C[C@@H](O)C(=O)O)c1ccno1. The summed E-state index contributed by atoms with van der Waals surface area (Å²) < 4.78 is 28.5. The first-order valence-corrected chi connectivity index (χ1v) is 29.6. The highest BCUT2D eigenvalue weighted by atomic mass is 35.5. The lowest BCUT2D eigenvalue weighted by atomic mass is 9.62. The number of aromatic amines is 1. The number of carboxylic acids is 1. The van der Waals surface area contributed by atoms with Crippen molar-refractivity contribution in [3.05, 3.63) is 194 Å². The highest BCUT2D eigenvalue weighted by Gasteiger charge is 2.28. The molecule has 0 saturated heterocycles. The number of esters is 3. The number of methoxy groups -OCH3 is 1. The van der Waals surface area contributed by atoms with E-state index in [1.165, 1.54) is 29.4 Å². The Hall–Kier alpha value is -8.54. The van der Waals surface area contributed by atoms with Crippen LogP contribution in [0, 0.1) is 17.8 Å². The van der Waals surface area contributed by atoms with Crippen LogP contribution >= 0.6 is 34.8 Å². The topological polar surface area (TPSA) is 366 Å². The summed E-state index contributed by atoms with van der Waals surface area (Å²) in [5.41, 5.74) is 15.6. The van der Waals surface area contributed by atoms with Crippen LogP contribution in [-0.4, -0.2) is 147 Å². The maximum Gasteiger partial charge on any atom is 0.336 e. The van der Waals surface area contributed by atoms with Gasteiger partial charge in [0.15, 0.2) is 37.5 Å². The number of hydrazine groups is 2. The summed E-state index contributed by atoms with van der Waals surface area (Å²) in [7, 11) is 1.45. The molecular weight excluding hydrogens is 1260 g/mol. The number of nitrogens with two attached hydrogens (primary N) is 1. The fraction of sp³-hybridized carbons (Fsp3) is 0.317. The summed E-state index contributed by atoms with van der Waals surface area (Å²) in [5, 5.41) is 47.6. The monoisotopic (exact) mass is 1330 g/mol. The van der Waals surface area contributed by atoms with Crippen molar-refractivity contribution >= 4 is 83.2 Å². The molecule has 2 heterocycles. The number of aliphatic hydroxyl groups is 2. The van der Waals surface area contributed by atoms with Crippen molar-refractivity contribution in [3.63, 3.8) is 0 Å². The average molecular weight is 1330 g/mol. The Balaban J connectivity index is 0.000000296. The van der Waals surface area contributed by atoms with E-state index in [2.05, 4.69) is 30.2 Å². The third kappa shape index (κ3) is 27.1. The molecule has 4 atom stereocenters. The number of ether oxygens (including phenoxy) is 4. The first kappa shape index (κ1) is 75.9.